The molecule has 0 aromatic heterocycles. The lowest BCUT2D eigenvalue weighted by atomic mass is 9.78. The standard InChI is InChI=1S/C14H25NO3/c1-10(12-7-5-4-6-8-12)9-13(14(17)18-3)15-11(2)16/h10,12-13H,4-9H2,1-3H3,(H,15,16). The topological polar surface area (TPSA) is 55.4 Å². The fraction of sp³-hybridized carbons (Fsp3) is 0.857. The molecule has 2 unspecified atom stereocenters. The molecule has 0 radical (unpaired) electrons. The first kappa shape index (κ1) is 15.0. The average molecular weight is 255 g/mol. The van der Waals surface area contributed by atoms with E-state index in [0.29, 0.717) is 18.3 Å². The third kappa shape index (κ3) is 4.67. The summed E-state index contributed by atoms with van der Waals surface area (Å²) in [7, 11) is 1.36. The van der Waals surface area contributed by atoms with E-state index in [1.807, 2.05) is 0 Å². The van der Waals surface area contributed by atoms with Crippen LogP contribution < -0.4 is 5.32 Å². The highest BCUT2D eigenvalue weighted by Gasteiger charge is 2.27. The summed E-state index contributed by atoms with van der Waals surface area (Å²) in [4.78, 5) is 22.7. The Morgan fingerprint density at radius 2 is 1.89 bits per heavy atom. The number of ether oxygens (including phenoxy) is 1. The van der Waals surface area contributed by atoms with Crippen molar-refractivity contribution < 1.29 is 14.3 Å². The van der Waals surface area contributed by atoms with Gasteiger partial charge in [-0.05, 0) is 18.3 Å². The van der Waals surface area contributed by atoms with E-state index >= 15 is 0 Å². The molecule has 0 heterocycles. The fourth-order valence-corrected chi connectivity index (χ4v) is 2.87. The lowest BCUT2D eigenvalue weighted by Crippen LogP contribution is -2.42. The minimum Gasteiger partial charge on any atom is -0.467 e. The number of carbonyl (C=O) groups is 2. The molecule has 4 nitrogen and oxygen atoms in total. The van der Waals surface area contributed by atoms with Crippen molar-refractivity contribution in [1.82, 2.24) is 5.32 Å². The maximum absolute atomic E-state index is 11.6. The first-order valence-electron chi connectivity index (χ1n) is 6.89. The molecule has 0 bridgehead atoms. The van der Waals surface area contributed by atoms with Crippen LogP contribution in [0.2, 0.25) is 0 Å². The molecule has 1 aliphatic carbocycles. The number of methoxy groups -OCH3 is 1. The number of hydrogen-bond donors (Lipinski definition) is 1. The second-order valence-corrected chi connectivity index (χ2v) is 5.39. The van der Waals surface area contributed by atoms with Crippen LogP contribution >= 0.6 is 0 Å². The maximum atomic E-state index is 11.6. The summed E-state index contributed by atoms with van der Waals surface area (Å²) in [5.74, 6) is 0.606. The predicted molar refractivity (Wildman–Crippen MR) is 70.0 cm³/mol. The Labute approximate surface area is 109 Å². The van der Waals surface area contributed by atoms with E-state index in [2.05, 4.69) is 12.2 Å². The van der Waals surface area contributed by atoms with Crippen molar-refractivity contribution in [3.05, 3.63) is 0 Å². The van der Waals surface area contributed by atoms with E-state index in [4.69, 9.17) is 4.74 Å². The summed E-state index contributed by atoms with van der Waals surface area (Å²) >= 11 is 0. The Morgan fingerprint density at radius 3 is 2.39 bits per heavy atom. The zero-order chi connectivity index (χ0) is 13.5. The molecule has 2 atom stereocenters. The molecule has 1 aliphatic rings. The molecule has 1 saturated carbocycles. The van der Waals surface area contributed by atoms with Crippen molar-refractivity contribution in [1.29, 1.82) is 0 Å². The molecule has 1 fully saturated rings. The van der Waals surface area contributed by atoms with E-state index in [1.54, 1.807) is 0 Å². The van der Waals surface area contributed by atoms with Gasteiger partial charge in [0.25, 0.3) is 0 Å². The first-order chi connectivity index (χ1) is 8.54. The molecule has 18 heavy (non-hydrogen) atoms. The molecule has 0 aromatic rings. The second kappa shape index (κ2) is 7.39. The summed E-state index contributed by atoms with van der Waals surface area (Å²) in [6, 6.07) is -0.496. The quantitative estimate of drug-likeness (QED) is 0.767. The molecule has 4 heteroatoms. The third-order valence-electron chi connectivity index (χ3n) is 3.93. The molecule has 0 spiro atoms. The van der Waals surface area contributed by atoms with Crippen LogP contribution in [-0.2, 0) is 14.3 Å². The van der Waals surface area contributed by atoms with Crippen LogP contribution in [0.25, 0.3) is 0 Å². The van der Waals surface area contributed by atoms with Crippen molar-refractivity contribution in [3.63, 3.8) is 0 Å². The number of esters is 1. The van der Waals surface area contributed by atoms with E-state index in [-0.39, 0.29) is 11.9 Å². The van der Waals surface area contributed by atoms with Gasteiger partial charge < -0.3 is 10.1 Å². The Morgan fingerprint density at radius 1 is 1.28 bits per heavy atom. The highest BCUT2D eigenvalue weighted by molar-refractivity contribution is 5.83. The van der Waals surface area contributed by atoms with Gasteiger partial charge in [-0.15, -0.1) is 0 Å². The molecule has 0 saturated heterocycles. The fourth-order valence-electron chi connectivity index (χ4n) is 2.87. The van der Waals surface area contributed by atoms with Crippen LogP contribution in [0.5, 0.6) is 0 Å². The molecule has 1 amide bonds. The van der Waals surface area contributed by atoms with Crippen LogP contribution in [0.4, 0.5) is 0 Å². The monoisotopic (exact) mass is 255 g/mol. The summed E-state index contributed by atoms with van der Waals surface area (Å²) in [6.07, 6.45) is 7.08. The SMILES string of the molecule is COC(=O)C(CC(C)C1CCCCC1)NC(C)=O. The highest BCUT2D eigenvalue weighted by Crippen LogP contribution is 2.32. The minimum atomic E-state index is -0.496. The first-order valence-corrected chi connectivity index (χ1v) is 6.89. The maximum Gasteiger partial charge on any atom is 0.328 e. The van der Waals surface area contributed by atoms with Gasteiger partial charge in [-0.2, -0.15) is 0 Å². The van der Waals surface area contributed by atoms with Gasteiger partial charge in [0.2, 0.25) is 5.91 Å². The Bertz CT molecular complexity index is 285. The van der Waals surface area contributed by atoms with E-state index in [1.165, 1.54) is 46.1 Å². The van der Waals surface area contributed by atoms with Crippen LogP contribution in [-0.4, -0.2) is 25.0 Å². The Hall–Kier alpha value is -1.06. The largest absolute Gasteiger partial charge is 0.467 e. The summed E-state index contributed by atoms with van der Waals surface area (Å²) in [5.41, 5.74) is 0. The van der Waals surface area contributed by atoms with Crippen LogP contribution in [0.3, 0.4) is 0 Å². The van der Waals surface area contributed by atoms with E-state index in [9.17, 15) is 9.59 Å². The van der Waals surface area contributed by atoms with Gasteiger partial charge in [0, 0.05) is 6.92 Å². The van der Waals surface area contributed by atoms with Gasteiger partial charge >= 0.3 is 5.97 Å². The number of carbonyl (C=O) groups excluding carboxylic acids is 2. The van der Waals surface area contributed by atoms with Crippen molar-refractivity contribution >= 4 is 11.9 Å². The van der Waals surface area contributed by atoms with Gasteiger partial charge in [0.05, 0.1) is 7.11 Å². The summed E-state index contributed by atoms with van der Waals surface area (Å²) < 4.78 is 4.75. The molecule has 0 aromatic carbocycles. The second-order valence-electron chi connectivity index (χ2n) is 5.39. The minimum absolute atomic E-state index is 0.179. The van der Waals surface area contributed by atoms with Crippen LogP contribution in [0.1, 0.15) is 52.4 Å². The van der Waals surface area contributed by atoms with Gasteiger partial charge in [-0.25, -0.2) is 4.79 Å². The van der Waals surface area contributed by atoms with Crippen molar-refractivity contribution in [2.24, 2.45) is 11.8 Å². The van der Waals surface area contributed by atoms with E-state index in [0.717, 1.165) is 0 Å². The Kier molecular flexibility index (Phi) is 6.16. The summed E-state index contributed by atoms with van der Waals surface area (Å²) in [6.45, 7) is 3.61. The molecular formula is C14H25NO3. The number of amides is 1. The van der Waals surface area contributed by atoms with Crippen molar-refractivity contribution in [2.75, 3.05) is 7.11 Å². The summed E-state index contributed by atoms with van der Waals surface area (Å²) in [5, 5.41) is 2.69. The number of nitrogens with one attached hydrogen (secondary N) is 1. The lowest BCUT2D eigenvalue weighted by molar-refractivity contribution is -0.145. The molecule has 0 aliphatic heterocycles. The smallest absolute Gasteiger partial charge is 0.328 e. The number of hydrogen-bond acceptors (Lipinski definition) is 3. The van der Waals surface area contributed by atoms with Gasteiger partial charge in [0.15, 0.2) is 0 Å². The third-order valence-corrected chi connectivity index (χ3v) is 3.93. The molecule has 104 valence electrons. The predicted octanol–water partition coefficient (Wildman–Crippen LogP) is 2.27. The van der Waals surface area contributed by atoms with Crippen LogP contribution in [0, 0.1) is 11.8 Å². The van der Waals surface area contributed by atoms with Gasteiger partial charge in [-0.1, -0.05) is 39.0 Å². The zero-order valence-electron chi connectivity index (χ0n) is 11.7. The zero-order valence-corrected chi connectivity index (χ0v) is 11.7. The van der Waals surface area contributed by atoms with E-state index < -0.39 is 6.04 Å². The lowest BCUT2D eigenvalue weighted by Gasteiger charge is -2.29. The van der Waals surface area contributed by atoms with Crippen molar-refractivity contribution in [3.8, 4) is 0 Å². The van der Waals surface area contributed by atoms with Gasteiger partial charge in [-0.3, -0.25) is 4.79 Å². The Balaban J connectivity index is 2.52. The average Bonchev–Trinajstić information content (AvgIpc) is 2.37. The highest BCUT2D eigenvalue weighted by atomic mass is 16.5. The number of rotatable bonds is 5. The normalized spacial score (nSPS) is 19.9. The van der Waals surface area contributed by atoms with Crippen LogP contribution in [0.15, 0.2) is 0 Å². The van der Waals surface area contributed by atoms with Gasteiger partial charge in [0.1, 0.15) is 6.04 Å². The molecular weight excluding hydrogens is 230 g/mol. The molecule has 1 rings (SSSR count). The molecule has 1 N–H and O–H groups in total. The van der Waals surface area contributed by atoms with Crippen molar-refractivity contribution in [2.45, 2.75) is 58.4 Å².